The smallest absolute Gasteiger partial charge is 0.259 e. The molecule has 5 heteroatoms. The number of hydrogen-bond acceptors (Lipinski definition) is 3. The van der Waals surface area contributed by atoms with Crippen LogP contribution in [-0.2, 0) is 0 Å². The van der Waals surface area contributed by atoms with Gasteiger partial charge in [0.05, 0.1) is 23.4 Å². The molecule has 2 N–H and O–H groups in total. The molecule has 0 saturated carbocycles. The Hall–Kier alpha value is -2.66. The molecule has 0 aliphatic rings. The van der Waals surface area contributed by atoms with Crippen LogP contribution in [0.3, 0.4) is 0 Å². The first-order valence-corrected chi connectivity index (χ1v) is 6.67. The number of aromatic nitrogens is 2. The summed E-state index contributed by atoms with van der Waals surface area (Å²) in [5.41, 5.74) is 2.77. The molecular formula is C16H15N3O2. The summed E-state index contributed by atoms with van der Waals surface area (Å²) in [4.78, 5) is 12.3. The Morgan fingerprint density at radius 2 is 2.00 bits per heavy atom. The number of nitrogens with one attached hydrogen (secondary N) is 1. The van der Waals surface area contributed by atoms with Crippen LogP contribution in [-0.4, -0.2) is 20.6 Å². The van der Waals surface area contributed by atoms with Crippen LogP contribution in [0.5, 0.6) is 0 Å². The fourth-order valence-electron chi connectivity index (χ4n) is 2.15. The highest BCUT2D eigenvalue weighted by Gasteiger charge is 2.12. The van der Waals surface area contributed by atoms with E-state index < -0.39 is 6.10 Å². The van der Waals surface area contributed by atoms with Gasteiger partial charge in [0.1, 0.15) is 0 Å². The molecule has 21 heavy (non-hydrogen) atoms. The van der Waals surface area contributed by atoms with Gasteiger partial charge in [-0.3, -0.25) is 4.79 Å². The van der Waals surface area contributed by atoms with Crippen molar-refractivity contribution in [2.75, 3.05) is 5.32 Å². The number of hydrogen-bond donors (Lipinski definition) is 2. The zero-order chi connectivity index (χ0) is 14.8. The molecule has 0 bridgehead atoms. The largest absolute Gasteiger partial charge is 0.389 e. The van der Waals surface area contributed by atoms with E-state index in [2.05, 4.69) is 10.4 Å². The summed E-state index contributed by atoms with van der Waals surface area (Å²) in [6.07, 6.45) is 2.83. The number of fused-ring (bicyclic) bond motifs is 1. The van der Waals surface area contributed by atoms with E-state index in [4.69, 9.17) is 0 Å². The highest BCUT2D eigenvalue weighted by Crippen LogP contribution is 2.17. The van der Waals surface area contributed by atoms with Crippen LogP contribution >= 0.6 is 0 Å². The summed E-state index contributed by atoms with van der Waals surface area (Å²) in [6, 6.07) is 12.7. The number of benzene rings is 1. The summed E-state index contributed by atoms with van der Waals surface area (Å²) in [6.45, 7) is 1.70. The Bertz CT molecular complexity index is 776. The molecular weight excluding hydrogens is 266 g/mol. The first kappa shape index (κ1) is 13.3. The second-order valence-electron chi connectivity index (χ2n) is 4.84. The normalized spacial score (nSPS) is 12.3. The van der Waals surface area contributed by atoms with E-state index in [1.165, 1.54) is 0 Å². The van der Waals surface area contributed by atoms with Gasteiger partial charge in [-0.25, -0.2) is 4.52 Å². The SMILES string of the molecule is CC(O)c1ccc(NC(=O)c2cnn3ccccc23)cc1. The maximum absolute atomic E-state index is 12.3. The number of aliphatic hydroxyl groups excluding tert-OH is 1. The van der Waals surface area contributed by atoms with Crippen LogP contribution in [0.25, 0.3) is 5.52 Å². The fraction of sp³-hybridized carbons (Fsp3) is 0.125. The maximum Gasteiger partial charge on any atom is 0.259 e. The van der Waals surface area contributed by atoms with Gasteiger partial charge in [0.25, 0.3) is 5.91 Å². The molecule has 0 aliphatic carbocycles. The predicted molar refractivity (Wildman–Crippen MR) is 80.2 cm³/mol. The Labute approximate surface area is 121 Å². The molecule has 1 aromatic carbocycles. The van der Waals surface area contributed by atoms with Gasteiger partial charge in [0, 0.05) is 11.9 Å². The van der Waals surface area contributed by atoms with Crippen LogP contribution in [0.4, 0.5) is 5.69 Å². The summed E-state index contributed by atoms with van der Waals surface area (Å²) in [5, 5.41) is 16.4. The number of amides is 1. The second-order valence-corrected chi connectivity index (χ2v) is 4.84. The molecule has 1 amide bonds. The van der Waals surface area contributed by atoms with Gasteiger partial charge in [-0.05, 0) is 36.8 Å². The Balaban J connectivity index is 1.83. The minimum atomic E-state index is -0.519. The first-order chi connectivity index (χ1) is 10.1. The van der Waals surface area contributed by atoms with Crippen molar-refractivity contribution < 1.29 is 9.90 Å². The Kier molecular flexibility index (Phi) is 3.41. The molecule has 3 rings (SSSR count). The minimum Gasteiger partial charge on any atom is -0.389 e. The van der Waals surface area contributed by atoms with Crippen molar-refractivity contribution >= 4 is 17.1 Å². The summed E-state index contributed by atoms with van der Waals surface area (Å²) in [5.74, 6) is -0.207. The molecule has 0 aliphatic heterocycles. The van der Waals surface area contributed by atoms with Crippen LogP contribution in [0.1, 0.15) is 28.9 Å². The number of nitrogens with zero attached hydrogens (tertiary/aromatic N) is 2. The highest BCUT2D eigenvalue weighted by molar-refractivity contribution is 6.08. The van der Waals surface area contributed by atoms with E-state index >= 15 is 0 Å². The van der Waals surface area contributed by atoms with Gasteiger partial charge in [-0.1, -0.05) is 18.2 Å². The lowest BCUT2D eigenvalue weighted by atomic mass is 10.1. The number of pyridine rings is 1. The third kappa shape index (κ3) is 2.64. The molecule has 0 fully saturated rings. The van der Waals surface area contributed by atoms with Crippen LogP contribution in [0.15, 0.2) is 54.9 Å². The number of anilines is 1. The van der Waals surface area contributed by atoms with Gasteiger partial charge in [0.2, 0.25) is 0 Å². The van der Waals surface area contributed by atoms with Crippen LogP contribution < -0.4 is 5.32 Å². The fourth-order valence-corrected chi connectivity index (χ4v) is 2.15. The van der Waals surface area contributed by atoms with Crippen molar-refractivity contribution in [3.05, 3.63) is 66.0 Å². The number of carbonyl (C=O) groups is 1. The molecule has 3 aromatic rings. The van der Waals surface area contributed by atoms with Gasteiger partial charge in [-0.2, -0.15) is 5.10 Å². The average molecular weight is 281 g/mol. The molecule has 2 heterocycles. The third-order valence-electron chi connectivity index (χ3n) is 3.32. The predicted octanol–water partition coefficient (Wildman–Crippen LogP) is 2.64. The molecule has 0 radical (unpaired) electrons. The summed E-state index contributed by atoms with van der Waals surface area (Å²) >= 11 is 0. The van der Waals surface area contributed by atoms with Crippen molar-refractivity contribution in [1.29, 1.82) is 0 Å². The molecule has 106 valence electrons. The van der Waals surface area contributed by atoms with E-state index in [-0.39, 0.29) is 5.91 Å². The van der Waals surface area contributed by atoms with Gasteiger partial charge >= 0.3 is 0 Å². The second kappa shape index (κ2) is 5.38. The van der Waals surface area contributed by atoms with E-state index in [9.17, 15) is 9.90 Å². The van der Waals surface area contributed by atoms with Crippen molar-refractivity contribution in [1.82, 2.24) is 9.61 Å². The lowest BCUT2D eigenvalue weighted by Crippen LogP contribution is -2.11. The first-order valence-electron chi connectivity index (χ1n) is 6.67. The van der Waals surface area contributed by atoms with Gasteiger partial charge in [-0.15, -0.1) is 0 Å². The van der Waals surface area contributed by atoms with Gasteiger partial charge in [0.15, 0.2) is 0 Å². The van der Waals surface area contributed by atoms with Crippen molar-refractivity contribution in [3.8, 4) is 0 Å². The zero-order valence-electron chi connectivity index (χ0n) is 11.5. The standard InChI is InChI=1S/C16H15N3O2/c1-11(20)12-5-7-13(8-6-12)18-16(21)14-10-17-19-9-3-2-4-15(14)19/h2-11,20H,1H3,(H,18,21). The quantitative estimate of drug-likeness (QED) is 0.775. The highest BCUT2D eigenvalue weighted by atomic mass is 16.3. The average Bonchev–Trinajstić information content (AvgIpc) is 2.92. The van der Waals surface area contributed by atoms with E-state index in [0.29, 0.717) is 11.3 Å². The molecule has 1 unspecified atom stereocenters. The van der Waals surface area contributed by atoms with Crippen molar-refractivity contribution in [3.63, 3.8) is 0 Å². The Morgan fingerprint density at radius 1 is 1.24 bits per heavy atom. The summed E-state index contributed by atoms with van der Waals surface area (Å²) in [7, 11) is 0. The summed E-state index contributed by atoms with van der Waals surface area (Å²) < 4.78 is 1.66. The van der Waals surface area contributed by atoms with Gasteiger partial charge < -0.3 is 10.4 Å². The molecule has 0 saturated heterocycles. The van der Waals surface area contributed by atoms with Crippen molar-refractivity contribution in [2.45, 2.75) is 13.0 Å². The number of carbonyl (C=O) groups excluding carboxylic acids is 1. The van der Waals surface area contributed by atoms with E-state index in [1.807, 2.05) is 18.2 Å². The third-order valence-corrected chi connectivity index (χ3v) is 3.32. The lowest BCUT2D eigenvalue weighted by Gasteiger charge is -2.07. The number of rotatable bonds is 3. The molecule has 1 atom stereocenters. The van der Waals surface area contributed by atoms with Crippen LogP contribution in [0.2, 0.25) is 0 Å². The lowest BCUT2D eigenvalue weighted by molar-refractivity contribution is 0.102. The monoisotopic (exact) mass is 281 g/mol. The molecule has 0 spiro atoms. The zero-order valence-corrected chi connectivity index (χ0v) is 11.5. The molecule has 2 aromatic heterocycles. The van der Waals surface area contributed by atoms with Crippen LogP contribution in [0, 0.1) is 0 Å². The topological polar surface area (TPSA) is 66.6 Å². The number of aliphatic hydroxyl groups is 1. The Morgan fingerprint density at radius 3 is 2.71 bits per heavy atom. The van der Waals surface area contributed by atoms with E-state index in [0.717, 1.165) is 11.1 Å². The van der Waals surface area contributed by atoms with Crippen molar-refractivity contribution in [2.24, 2.45) is 0 Å². The maximum atomic E-state index is 12.3. The van der Waals surface area contributed by atoms with E-state index in [1.54, 1.807) is 48.1 Å². The minimum absolute atomic E-state index is 0.207. The molecule has 5 nitrogen and oxygen atoms in total.